The van der Waals surface area contributed by atoms with Crippen molar-refractivity contribution < 1.29 is 19.3 Å². The minimum atomic E-state index is -0.537. The van der Waals surface area contributed by atoms with E-state index >= 15 is 0 Å². The molecule has 5 rings (SSSR count). The number of hydrogen-bond donors (Lipinski definition) is 1. The van der Waals surface area contributed by atoms with E-state index in [1.807, 2.05) is 0 Å². The van der Waals surface area contributed by atoms with Gasteiger partial charge in [-0.25, -0.2) is 4.98 Å². The Morgan fingerprint density at radius 3 is 2.97 bits per heavy atom. The number of ether oxygens (including phenoxy) is 2. The molecule has 29 heavy (non-hydrogen) atoms. The van der Waals surface area contributed by atoms with Crippen molar-refractivity contribution in [2.24, 2.45) is 0 Å². The molecule has 1 N–H and O–H groups in total. The molecule has 1 aliphatic heterocycles. The molecule has 150 valence electrons. The first-order chi connectivity index (χ1) is 14.2. The van der Waals surface area contributed by atoms with Crippen molar-refractivity contribution in [3.63, 3.8) is 0 Å². The smallest absolute Gasteiger partial charge is 0.406 e. The molecule has 3 aromatic heterocycles. The van der Waals surface area contributed by atoms with Crippen molar-refractivity contribution >= 4 is 27.4 Å². The molecule has 9 nitrogen and oxygen atoms in total. The summed E-state index contributed by atoms with van der Waals surface area (Å²) in [6.45, 7) is 3.96. The van der Waals surface area contributed by atoms with Crippen molar-refractivity contribution in [3.8, 4) is 11.6 Å². The Morgan fingerprint density at radius 1 is 1.28 bits per heavy atom. The standard InChI is InChI=1S/C19H19N5O4S/c25-24(26)17-13(4-2-6-20-17)28-18-16-12-3-1-5-14(12)29-19(16)22-15(21-18)11-23-7-9-27-10-8-23/h2,4,6H,1,3,5,7-11H2/p+1. The van der Waals surface area contributed by atoms with Gasteiger partial charge in [0.25, 0.3) is 0 Å². The first kappa shape index (κ1) is 18.3. The average Bonchev–Trinajstić information content (AvgIpc) is 3.30. The van der Waals surface area contributed by atoms with Crippen LogP contribution in [0.1, 0.15) is 22.7 Å². The molecule has 0 atom stereocenters. The fourth-order valence-corrected chi connectivity index (χ4v) is 5.19. The first-order valence-electron chi connectivity index (χ1n) is 9.69. The van der Waals surface area contributed by atoms with Gasteiger partial charge in [0.2, 0.25) is 11.6 Å². The van der Waals surface area contributed by atoms with Gasteiger partial charge >= 0.3 is 5.82 Å². The predicted molar refractivity (Wildman–Crippen MR) is 106 cm³/mol. The third kappa shape index (κ3) is 3.54. The Morgan fingerprint density at radius 2 is 2.14 bits per heavy atom. The summed E-state index contributed by atoms with van der Waals surface area (Å²) >= 11 is 1.68. The van der Waals surface area contributed by atoms with Crippen LogP contribution in [-0.2, 0) is 24.1 Å². The topological polar surface area (TPSA) is 105 Å². The van der Waals surface area contributed by atoms with Crippen LogP contribution in [-0.4, -0.2) is 46.2 Å². The van der Waals surface area contributed by atoms with Crippen LogP contribution in [0.2, 0.25) is 0 Å². The van der Waals surface area contributed by atoms with Gasteiger partial charge in [-0.2, -0.15) is 4.98 Å². The molecule has 1 saturated heterocycles. The van der Waals surface area contributed by atoms with Gasteiger partial charge < -0.3 is 24.5 Å². The summed E-state index contributed by atoms with van der Waals surface area (Å²) in [6.07, 6.45) is 4.48. The highest BCUT2D eigenvalue weighted by Crippen LogP contribution is 2.42. The number of nitrogens with one attached hydrogen (secondary N) is 1. The highest BCUT2D eigenvalue weighted by Gasteiger charge is 2.26. The molecular formula is C19H20N5O4S+. The Bertz CT molecular complexity index is 1080. The number of rotatable bonds is 5. The third-order valence-corrected chi connectivity index (χ3v) is 6.50. The largest absolute Gasteiger partial charge is 0.429 e. The summed E-state index contributed by atoms with van der Waals surface area (Å²) in [5.74, 6) is 0.871. The molecular weight excluding hydrogens is 394 g/mol. The third-order valence-electron chi connectivity index (χ3n) is 5.32. The predicted octanol–water partition coefficient (Wildman–Crippen LogP) is 1.69. The monoisotopic (exact) mass is 414 g/mol. The van der Waals surface area contributed by atoms with Gasteiger partial charge in [0.15, 0.2) is 5.82 Å². The average molecular weight is 414 g/mol. The molecule has 0 spiro atoms. The van der Waals surface area contributed by atoms with Crippen LogP contribution in [0.25, 0.3) is 10.2 Å². The van der Waals surface area contributed by atoms with E-state index in [2.05, 4.69) is 4.98 Å². The van der Waals surface area contributed by atoms with Crippen LogP contribution in [0, 0.1) is 10.1 Å². The number of thiophene rings is 1. The number of aromatic nitrogens is 3. The molecule has 3 aromatic rings. The van der Waals surface area contributed by atoms with Gasteiger partial charge in [-0.1, -0.05) is 0 Å². The Hall–Kier alpha value is -2.69. The van der Waals surface area contributed by atoms with Crippen LogP contribution in [0.15, 0.2) is 18.3 Å². The summed E-state index contributed by atoms with van der Waals surface area (Å²) in [5, 5.41) is 12.2. The molecule has 4 heterocycles. The van der Waals surface area contributed by atoms with Gasteiger partial charge in [-0.15, -0.1) is 11.3 Å². The molecule has 0 bridgehead atoms. The normalized spacial score (nSPS) is 16.8. The highest BCUT2D eigenvalue weighted by molar-refractivity contribution is 7.19. The number of pyridine rings is 1. The van der Waals surface area contributed by atoms with E-state index in [0.29, 0.717) is 18.2 Å². The summed E-state index contributed by atoms with van der Waals surface area (Å²) in [6, 6.07) is 3.18. The van der Waals surface area contributed by atoms with E-state index in [-0.39, 0.29) is 11.6 Å². The lowest BCUT2D eigenvalue weighted by Crippen LogP contribution is -3.12. The second-order valence-electron chi connectivity index (χ2n) is 7.21. The van der Waals surface area contributed by atoms with Crippen molar-refractivity contribution in [3.05, 3.63) is 44.7 Å². The van der Waals surface area contributed by atoms with Gasteiger partial charge in [0, 0.05) is 4.88 Å². The number of quaternary nitrogens is 1. The van der Waals surface area contributed by atoms with E-state index < -0.39 is 4.92 Å². The molecule has 2 aliphatic rings. The lowest BCUT2D eigenvalue weighted by Gasteiger charge is -2.23. The van der Waals surface area contributed by atoms with Crippen molar-refractivity contribution in [2.75, 3.05) is 26.3 Å². The lowest BCUT2D eigenvalue weighted by atomic mass is 10.2. The fourth-order valence-electron chi connectivity index (χ4n) is 3.92. The quantitative estimate of drug-likeness (QED) is 0.500. The van der Waals surface area contributed by atoms with Crippen LogP contribution in [0.5, 0.6) is 11.6 Å². The molecule has 10 heteroatoms. The van der Waals surface area contributed by atoms with Gasteiger partial charge in [0.05, 0.1) is 18.6 Å². The van der Waals surface area contributed by atoms with E-state index in [1.165, 1.54) is 21.5 Å². The van der Waals surface area contributed by atoms with Crippen LogP contribution >= 0.6 is 11.3 Å². The van der Waals surface area contributed by atoms with Gasteiger partial charge in [-0.05, 0) is 46.9 Å². The molecule has 0 radical (unpaired) electrons. The molecule has 0 saturated carbocycles. The van der Waals surface area contributed by atoms with E-state index in [1.54, 1.807) is 23.5 Å². The second kappa shape index (κ2) is 7.62. The molecule has 1 aliphatic carbocycles. The summed E-state index contributed by atoms with van der Waals surface area (Å²) in [7, 11) is 0. The lowest BCUT2D eigenvalue weighted by molar-refractivity contribution is -0.922. The maximum Gasteiger partial charge on any atom is 0.406 e. The Balaban J connectivity index is 1.57. The molecule has 1 fully saturated rings. The minimum absolute atomic E-state index is 0.0973. The minimum Gasteiger partial charge on any atom is -0.429 e. The maximum atomic E-state index is 11.4. The van der Waals surface area contributed by atoms with E-state index in [4.69, 9.17) is 19.4 Å². The van der Waals surface area contributed by atoms with Crippen LogP contribution < -0.4 is 9.64 Å². The number of aryl methyl sites for hydroxylation is 2. The summed E-state index contributed by atoms with van der Waals surface area (Å²) in [4.78, 5) is 27.8. The van der Waals surface area contributed by atoms with Gasteiger partial charge in [0.1, 0.15) is 30.7 Å². The fraction of sp³-hybridized carbons (Fsp3) is 0.421. The molecule has 0 unspecified atom stereocenters. The first-order valence-corrected chi connectivity index (χ1v) is 10.5. The number of nitrogens with zero attached hydrogens (tertiary/aromatic N) is 4. The van der Waals surface area contributed by atoms with Crippen molar-refractivity contribution in [1.29, 1.82) is 0 Å². The zero-order valence-corrected chi connectivity index (χ0v) is 16.5. The number of fused-ring (bicyclic) bond motifs is 3. The zero-order valence-electron chi connectivity index (χ0n) is 15.7. The summed E-state index contributed by atoms with van der Waals surface area (Å²) in [5.41, 5.74) is 1.22. The molecule has 0 amide bonds. The van der Waals surface area contributed by atoms with E-state index in [0.717, 1.165) is 55.8 Å². The maximum absolute atomic E-state index is 11.4. The van der Waals surface area contributed by atoms with E-state index in [9.17, 15) is 10.1 Å². The number of morpholine rings is 1. The second-order valence-corrected chi connectivity index (χ2v) is 8.29. The SMILES string of the molecule is O=[N+]([O-])c1ncccc1Oc1nc(C[NH+]2CCOCC2)nc2sc3c(c12)CCC3. The highest BCUT2D eigenvalue weighted by atomic mass is 32.1. The van der Waals surface area contributed by atoms with Crippen LogP contribution in [0.3, 0.4) is 0 Å². The van der Waals surface area contributed by atoms with Crippen molar-refractivity contribution in [1.82, 2.24) is 15.0 Å². The Kier molecular flexibility index (Phi) is 4.82. The van der Waals surface area contributed by atoms with Gasteiger partial charge in [-0.3, -0.25) is 0 Å². The number of nitro groups is 1. The number of hydrogen-bond acceptors (Lipinski definition) is 8. The summed E-state index contributed by atoms with van der Waals surface area (Å²) < 4.78 is 11.4. The Labute approximate surface area is 170 Å². The van der Waals surface area contributed by atoms with Crippen molar-refractivity contribution in [2.45, 2.75) is 25.8 Å². The van der Waals surface area contributed by atoms with Crippen LogP contribution in [0.4, 0.5) is 5.82 Å². The molecule has 0 aromatic carbocycles. The zero-order chi connectivity index (χ0) is 19.8.